The van der Waals surface area contributed by atoms with Crippen molar-refractivity contribution in [2.24, 2.45) is 0 Å². The Hall–Kier alpha value is -2.21. The molecule has 20 heavy (non-hydrogen) atoms. The molecule has 1 aliphatic rings. The van der Waals surface area contributed by atoms with Crippen LogP contribution in [0.2, 0.25) is 0 Å². The number of hydrogen-bond acceptors (Lipinski definition) is 5. The molecule has 2 heterocycles. The first kappa shape index (κ1) is 12.8. The van der Waals surface area contributed by atoms with Gasteiger partial charge in [0.2, 0.25) is 0 Å². The number of thiazole rings is 1. The number of nitrogens with zero attached hydrogens (tertiary/aromatic N) is 1. The highest BCUT2D eigenvalue weighted by atomic mass is 32.1. The summed E-state index contributed by atoms with van der Waals surface area (Å²) >= 11 is 1.10. The van der Waals surface area contributed by atoms with Crippen molar-refractivity contribution in [3.05, 3.63) is 45.4 Å². The number of rotatable bonds is 3. The standard InChI is InChI=1S/C14H11NO4S/c1-7(16)12-11(14(17)18)15-13(20-12)10-6-8-4-2-3-5-9(8)19-10/h2-5,10H,6H2,1H3,(H,17,18). The number of aromatic nitrogens is 1. The van der Waals surface area contributed by atoms with Gasteiger partial charge in [-0.25, -0.2) is 9.78 Å². The van der Waals surface area contributed by atoms with Gasteiger partial charge in [-0.05, 0) is 11.6 Å². The highest BCUT2D eigenvalue weighted by molar-refractivity contribution is 7.14. The van der Waals surface area contributed by atoms with Crippen LogP contribution in [0.1, 0.15) is 43.8 Å². The van der Waals surface area contributed by atoms with E-state index >= 15 is 0 Å². The first-order chi connectivity index (χ1) is 9.56. The average Bonchev–Trinajstić information content (AvgIpc) is 3.02. The topological polar surface area (TPSA) is 76.5 Å². The molecule has 1 N–H and O–H groups in total. The lowest BCUT2D eigenvalue weighted by molar-refractivity contribution is 0.0686. The first-order valence-electron chi connectivity index (χ1n) is 6.05. The predicted octanol–water partition coefficient (Wildman–Crippen LogP) is 2.72. The van der Waals surface area contributed by atoms with Crippen LogP contribution in [-0.4, -0.2) is 21.8 Å². The molecule has 1 atom stereocenters. The molecular formula is C14H11NO4S. The maximum Gasteiger partial charge on any atom is 0.356 e. The molecule has 0 amide bonds. The van der Waals surface area contributed by atoms with Gasteiger partial charge in [0, 0.05) is 13.3 Å². The molecule has 3 rings (SSSR count). The molecule has 0 saturated carbocycles. The zero-order valence-electron chi connectivity index (χ0n) is 10.6. The second-order valence-corrected chi connectivity index (χ2v) is 5.54. The summed E-state index contributed by atoms with van der Waals surface area (Å²) in [6.45, 7) is 1.34. The number of aromatic carboxylic acids is 1. The van der Waals surface area contributed by atoms with Gasteiger partial charge in [0.1, 0.15) is 15.6 Å². The lowest BCUT2D eigenvalue weighted by atomic mass is 10.1. The van der Waals surface area contributed by atoms with Crippen molar-refractivity contribution in [1.82, 2.24) is 4.98 Å². The fourth-order valence-electron chi connectivity index (χ4n) is 2.18. The third-order valence-corrected chi connectivity index (χ3v) is 4.34. The Morgan fingerprint density at radius 1 is 1.40 bits per heavy atom. The zero-order chi connectivity index (χ0) is 14.3. The highest BCUT2D eigenvalue weighted by Gasteiger charge is 2.30. The molecule has 1 aromatic heterocycles. The molecule has 0 radical (unpaired) electrons. The Morgan fingerprint density at radius 2 is 2.15 bits per heavy atom. The van der Waals surface area contributed by atoms with E-state index in [1.165, 1.54) is 6.92 Å². The number of benzene rings is 1. The summed E-state index contributed by atoms with van der Waals surface area (Å²) in [7, 11) is 0. The fraction of sp³-hybridized carbons (Fsp3) is 0.214. The van der Waals surface area contributed by atoms with E-state index in [-0.39, 0.29) is 22.5 Å². The Bertz CT molecular complexity index is 650. The van der Waals surface area contributed by atoms with Crippen molar-refractivity contribution < 1.29 is 19.4 Å². The number of hydrogen-bond donors (Lipinski definition) is 1. The van der Waals surface area contributed by atoms with E-state index in [2.05, 4.69) is 4.98 Å². The Kier molecular flexibility index (Phi) is 3.02. The Labute approximate surface area is 118 Å². The van der Waals surface area contributed by atoms with Gasteiger partial charge in [-0.15, -0.1) is 11.3 Å². The number of fused-ring (bicyclic) bond motifs is 1. The van der Waals surface area contributed by atoms with Crippen molar-refractivity contribution >= 4 is 23.1 Å². The minimum atomic E-state index is -1.19. The van der Waals surface area contributed by atoms with Crippen LogP contribution in [0.3, 0.4) is 0 Å². The van der Waals surface area contributed by atoms with Gasteiger partial charge in [0.05, 0.1) is 0 Å². The van der Waals surface area contributed by atoms with Crippen molar-refractivity contribution in [3.8, 4) is 5.75 Å². The number of carbonyl (C=O) groups is 2. The van der Waals surface area contributed by atoms with E-state index in [1.54, 1.807) is 0 Å². The van der Waals surface area contributed by atoms with Crippen LogP contribution in [0.15, 0.2) is 24.3 Å². The lowest BCUT2D eigenvalue weighted by Crippen LogP contribution is -2.06. The van der Waals surface area contributed by atoms with E-state index in [1.807, 2.05) is 24.3 Å². The molecular weight excluding hydrogens is 278 g/mol. The molecule has 2 aromatic rings. The lowest BCUT2D eigenvalue weighted by Gasteiger charge is -2.06. The normalized spacial score (nSPS) is 16.6. The van der Waals surface area contributed by atoms with Crippen LogP contribution in [0.25, 0.3) is 0 Å². The predicted molar refractivity (Wildman–Crippen MR) is 72.6 cm³/mol. The van der Waals surface area contributed by atoms with Gasteiger partial charge < -0.3 is 9.84 Å². The smallest absolute Gasteiger partial charge is 0.356 e. The first-order valence-corrected chi connectivity index (χ1v) is 6.87. The number of ether oxygens (including phenoxy) is 1. The third-order valence-electron chi connectivity index (χ3n) is 3.09. The Balaban J connectivity index is 1.95. The van der Waals surface area contributed by atoms with E-state index in [9.17, 15) is 9.59 Å². The van der Waals surface area contributed by atoms with Crippen molar-refractivity contribution in [1.29, 1.82) is 0 Å². The molecule has 0 saturated heterocycles. The van der Waals surface area contributed by atoms with Crippen molar-refractivity contribution in [2.75, 3.05) is 0 Å². The summed E-state index contributed by atoms with van der Waals surface area (Å²) in [4.78, 5) is 26.8. The van der Waals surface area contributed by atoms with Gasteiger partial charge in [-0.2, -0.15) is 0 Å². The number of ketones is 1. The molecule has 1 aromatic carbocycles. The van der Waals surface area contributed by atoms with Gasteiger partial charge in [-0.1, -0.05) is 18.2 Å². The second-order valence-electron chi connectivity index (χ2n) is 4.51. The van der Waals surface area contributed by atoms with Crippen LogP contribution < -0.4 is 4.74 Å². The average molecular weight is 289 g/mol. The van der Waals surface area contributed by atoms with Crippen molar-refractivity contribution in [3.63, 3.8) is 0 Å². The summed E-state index contributed by atoms with van der Waals surface area (Å²) in [5, 5.41) is 9.63. The molecule has 0 spiro atoms. The van der Waals surface area contributed by atoms with E-state index in [4.69, 9.17) is 9.84 Å². The minimum absolute atomic E-state index is 0.173. The molecule has 6 heteroatoms. The maximum atomic E-state index is 11.5. The Morgan fingerprint density at radius 3 is 2.75 bits per heavy atom. The van der Waals surface area contributed by atoms with E-state index in [0.29, 0.717) is 11.4 Å². The second kappa shape index (κ2) is 4.72. The minimum Gasteiger partial charge on any atom is -0.483 e. The number of carboxylic acid groups (broad SMARTS) is 1. The summed E-state index contributed by atoms with van der Waals surface area (Å²) in [5.41, 5.74) is 0.881. The number of Topliss-reactive ketones (excluding diaryl/α,β-unsaturated/α-hetero) is 1. The van der Waals surface area contributed by atoms with Gasteiger partial charge in [-0.3, -0.25) is 4.79 Å². The van der Waals surface area contributed by atoms with E-state index in [0.717, 1.165) is 22.6 Å². The summed E-state index contributed by atoms with van der Waals surface area (Å²) < 4.78 is 5.76. The SMILES string of the molecule is CC(=O)c1sc(C2Cc3ccccc3O2)nc1C(=O)O. The third kappa shape index (κ3) is 2.08. The number of carbonyl (C=O) groups excluding carboxylic acids is 1. The van der Waals surface area contributed by atoms with Crippen LogP contribution in [0.4, 0.5) is 0 Å². The summed E-state index contributed by atoms with van der Waals surface area (Å²) in [5.74, 6) is -0.691. The quantitative estimate of drug-likeness (QED) is 0.879. The van der Waals surface area contributed by atoms with Crippen molar-refractivity contribution in [2.45, 2.75) is 19.4 Å². The van der Waals surface area contributed by atoms with Crippen LogP contribution >= 0.6 is 11.3 Å². The summed E-state index contributed by atoms with van der Waals surface area (Å²) in [6.07, 6.45) is 0.323. The number of carboxylic acids is 1. The monoisotopic (exact) mass is 289 g/mol. The molecule has 5 nitrogen and oxygen atoms in total. The largest absolute Gasteiger partial charge is 0.483 e. The highest BCUT2D eigenvalue weighted by Crippen LogP contribution is 2.38. The van der Waals surface area contributed by atoms with Crippen LogP contribution in [0, 0.1) is 0 Å². The molecule has 0 fully saturated rings. The number of para-hydroxylation sites is 1. The summed E-state index contributed by atoms with van der Waals surface area (Å²) in [6, 6.07) is 7.64. The van der Waals surface area contributed by atoms with Gasteiger partial charge in [0.15, 0.2) is 17.6 Å². The van der Waals surface area contributed by atoms with Crippen LogP contribution in [-0.2, 0) is 6.42 Å². The zero-order valence-corrected chi connectivity index (χ0v) is 11.4. The molecule has 0 bridgehead atoms. The molecule has 1 unspecified atom stereocenters. The van der Waals surface area contributed by atoms with E-state index < -0.39 is 5.97 Å². The molecule has 0 aliphatic carbocycles. The molecule has 1 aliphatic heterocycles. The fourth-order valence-corrected chi connectivity index (χ4v) is 3.16. The van der Waals surface area contributed by atoms with Crippen LogP contribution in [0.5, 0.6) is 5.75 Å². The van der Waals surface area contributed by atoms with Gasteiger partial charge >= 0.3 is 5.97 Å². The molecule has 102 valence electrons. The maximum absolute atomic E-state index is 11.5. The van der Waals surface area contributed by atoms with Gasteiger partial charge in [0.25, 0.3) is 0 Å².